The molecule has 1 N–H and O–H groups in total. The quantitative estimate of drug-likeness (QED) is 0.672. The predicted molar refractivity (Wildman–Crippen MR) is 61.8 cm³/mol. The molecule has 0 amide bonds. The summed E-state index contributed by atoms with van der Waals surface area (Å²) in [4.78, 5) is 10.7. The number of rotatable bonds is 7. The van der Waals surface area contributed by atoms with Gasteiger partial charge in [-0.2, -0.15) is 11.8 Å². The third kappa shape index (κ3) is 6.27. The highest BCUT2D eigenvalue weighted by molar-refractivity contribution is 8.01. The first-order chi connectivity index (χ1) is 6.00. The molecule has 78 valence electrons. The molecule has 0 aliphatic rings. The van der Waals surface area contributed by atoms with Crippen molar-refractivity contribution >= 4 is 29.5 Å². The normalized spacial score (nSPS) is 11.6. The first-order valence-electron chi connectivity index (χ1n) is 4.45. The third-order valence-corrected chi connectivity index (χ3v) is 3.99. The van der Waals surface area contributed by atoms with E-state index in [4.69, 9.17) is 5.11 Å². The summed E-state index contributed by atoms with van der Waals surface area (Å²) in [6.45, 7) is 5.65. The lowest BCUT2D eigenvalue weighted by molar-refractivity contribution is -0.138. The Bertz CT molecular complexity index is 158. The molecule has 4 heteroatoms. The molecule has 0 rings (SSSR count). The molecule has 0 spiro atoms. The number of aliphatic carboxylic acids is 1. The number of thioether (sulfide) groups is 2. The summed E-state index contributed by atoms with van der Waals surface area (Å²) in [7, 11) is 0. The standard InChI is InChI=1S/C9H18O2S2/c1-4-12-6-5-7-13-9(2,3)8(10)11/h4-7H2,1-3H3,(H,10,11). The zero-order valence-corrected chi connectivity index (χ0v) is 10.1. The van der Waals surface area contributed by atoms with E-state index in [1.807, 2.05) is 11.8 Å². The monoisotopic (exact) mass is 222 g/mol. The lowest BCUT2D eigenvalue weighted by atomic mass is 10.2. The van der Waals surface area contributed by atoms with Crippen molar-refractivity contribution < 1.29 is 9.90 Å². The lowest BCUT2D eigenvalue weighted by Crippen LogP contribution is -2.27. The van der Waals surface area contributed by atoms with Crippen molar-refractivity contribution in [2.45, 2.75) is 31.9 Å². The zero-order valence-electron chi connectivity index (χ0n) is 8.50. The molecule has 0 aliphatic carbocycles. The van der Waals surface area contributed by atoms with Crippen LogP contribution < -0.4 is 0 Å². The van der Waals surface area contributed by atoms with Crippen LogP contribution in [-0.2, 0) is 4.79 Å². The van der Waals surface area contributed by atoms with E-state index < -0.39 is 10.7 Å². The van der Waals surface area contributed by atoms with E-state index in [-0.39, 0.29) is 0 Å². The second-order valence-corrected chi connectivity index (χ2v) is 6.33. The van der Waals surface area contributed by atoms with Crippen LogP contribution in [0.5, 0.6) is 0 Å². The molecule has 0 heterocycles. The molecule has 13 heavy (non-hydrogen) atoms. The Morgan fingerprint density at radius 2 is 2.00 bits per heavy atom. The van der Waals surface area contributed by atoms with Crippen LogP contribution in [-0.4, -0.2) is 33.1 Å². The molecule has 0 atom stereocenters. The highest BCUT2D eigenvalue weighted by atomic mass is 32.2. The molecule has 0 aromatic rings. The third-order valence-electron chi connectivity index (χ3n) is 1.62. The molecule has 0 saturated carbocycles. The van der Waals surface area contributed by atoms with Crippen LogP contribution in [0.15, 0.2) is 0 Å². The van der Waals surface area contributed by atoms with Crippen molar-refractivity contribution in [2.75, 3.05) is 17.3 Å². The highest BCUT2D eigenvalue weighted by Gasteiger charge is 2.26. The summed E-state index contributed by atoms with van der Waals surface area (Å²) in [5.41, 5.74) is 0. The van der Waals surface area contributed by atoms with E-state index in [1.165, 1.54) is 11.8 Å². The molecule has 0 fully saturated rings. The first kappa shape index (κ1) is 13.2. The van der Waals surface area contributed by atoms with E-state index in [2.05, 4.69) is 6.92 Å². The summed E-state index contributed by atoms with van der Waals surface area (Å²) in [5.74, 6) is 2.50. The van der Waals surface area contributed by atoms with Crippen molar-refractivity contribution in [2.24, 2.45) is 0 Å². The van der Waals surface area contributed by atoms with Crippen molar-refractivity contribution in [1.82, 2.24) is 0 Å². The van der Waals surface area contributed by atoms with Gasteiger partial charge < -0.3 is 5.11 Å². The zero-order chi connectivity index (χ0) is 10.3. The maximum Gasteiger partial charge on any atom is 0.319 e. The Morgan fingerprint density at radius 3 is 2.46 bits per heavy atom. The summed E-state index contributed by atoms with van der Waals surface area (Å²) in [5, 5.41) is 8.82. The van der Waals surface area contributed by atoms with Gasteiger partial charge in [0.1, 0.15) is 4.75 Å². The summed E-state index contributed by atoms with van der Waals surface area (Å²) < 4.78 is -0.628. The maximum atomic E-state index is 10.7. The number of hydrogen-bond donors (Lipinski definition) is 1. The van der Waals surface area contributed by atoms with Crippen molar-refractivity contribution in [3.8, 4) is 0 Å². The van der Waals surface area contributed by atoms with Gasteiger partial charge in [0, 0.05) is 0 Å². The van der Waals surface area contributed by atoms with E-state index in [9.17, 15) is 4.79 Å². The topological polar surface area (TPSA) is 37.3 Å². The van der Waals surface area contributed by atoms with Crippen LogP contribution in [0.4, 0.5) is 0 Å². The van der Waals surface area contributed by atoms with Gasteiger partial charge in [-0.3, -0.25) is 4.79 Å². The molecule has 0 radical (unpaired) electrons. The predicted octanol–water partition coefficient (Wildman–Crippen LogP) is 2.73. The van der Waals surface area contributed by atoms with E-state index in [0.29, 0.717) is 0 Å². The minimum atomic E-state index is -0.722. The van der Waals surface area contributed by atoms with E-state index >= 15 is 0 Å². The SMILES string of the molecule is CCSCCCSC(C)(C)C(=O)O. The van der Waals surface area contributed by atoms with Crippen molar-refractivity contribution in [1.29, 1.82) is 0 Å². The summed E-state index contributed by atoms with van der Waals surface area (Å²) in [6, 6.07) is 0. The Morgan fingerprint density at radius 1 is 1.38 bits per heavy atom. The molecule has 0 saturated heterocycles. The van der Waals surface area contributed by atoms with Gasteiger partial charge >= 0.3 is 5.97 Å². The smallest absolute Gasteiger partial charge is 0.319 e. The fourth-order valence-electron chi connectivity index (χ4n) is 0.694. The molecule has 0 bridgehead atoms. The van der Waals surface area contributed by atoms with Crippen LogP contribution in [0.1, 0.15) is 27.2 Å². The number of carboxylic acids is 1. The maximum absolute atomic E-state index is 10.7. The van der Waals surface area contributed by atoms with Crippen molar-refractivity contribution in [3.63, 3.8) is 0 Å². The Labute approximate surface area is 88.9 Å². The highest BCUT2D eigenvalue weighted by Crippen LogP contribution is 2.25. The Balaban J connectivity index is 3.46. The van der Waals surface area contributed by atoms with Crippen LogP contribution in [0, 0.1) is 0 Å². The Hall–Kier alpha value is 0.170. The van der Waals surface area contributed by atoms with Gasteiger partial charge in [0.15, 0.2) is 0 Å². The van der Waals surface area contributed by atoms with Gasteiger partial charge in [-0.25, -0.2) is 0 Å². The largest absolute Gasteiger partial charge is 0.480 e. The molecule has 2 nitrogen and oxygen atoms in total. The first-order valence-corrected chi connectivity index (χ1v) is 6.60. The average molecular weight is 222 g/mol. The number of carbonyl (C=O) groups is 1. The molecule has 0 aromatic heterocycles. The van der Waals surface area contributed by atoms with Gasteiger partial charge in [-0.05, 0) is 37.5 Å². The molecule has 0 unspecified atom stereocenters. The second-order valence-electron chi connectivity index (χ2n) is 3.21. The van der Waals surface area contributed by atoms with Crippen LogP contribution >= 0.6 is 23.5 Å². The van der Waals surface area contributed by atoms with Gasteiger partial charge in [0.25, 0.3) is 0 Å². The second kappa shape index (κ2) is 6.60. The van der Waals surface area contributed by atoms with Gasteiger partial charge in [-0.15, -0.1) is 11.8 Å². The summed E-state index contributed by atoms with van der Waals surface area (Å²) >= 11 is 3.43. The average Bonchev–Trinajstić information content (AvgIpc) is 2.03. The van der Waals surface area contributed by atoms with Crippen LogP contribution in [0.3, 0.4) is 0 Å². The van der Waals surface area contributed by atoms with Gasteiger partial charge in [0.05, 0.1) is 0 Å². The minimum absolute atomic E-state index is 0.628. The van der Waals surface area contributed by atoms with Crippen LogP contribution in [0.25, 0.3) is 0 Å². The van der Waals surface area contributed by atoms with E-state index in [0.717, 1.165) is 23.7 Å². The number of carboxylic acid groups (broad SMARTS) is 1. The minimum Gasteiger partial charge on any atom is -0.480 e. The number of hydrogen-bond acceptors (Lipinski definition) is 3. The van der Waals surface area contributed by atoms with E-state index in [1.54, 1.807) is 13.8 Å². The molecule has 0 aliphatic heterocycles. The molecular weight excluding hydrogens is 204 g/mol. The lowest BCUT2D eigenvalue weighted by Gasteiger charge is -2.17. The fourth-order valence-corrected chi connectivity index (χ4v) is 2.44. The molecular formula is C9H18O2S2. The van der Waals surface area contributed by atoms with Gasteiger partial charge in [-0.1, -0.05) is 6.92 Å². The van der Waals surface area contributed by atoms with Crippen molar-refractivity contribution in [3.05, 3.63) is 0 Å². The van der Waals surface area contributed by atoms with Crippen LogP contribution in [0.2, 0.25) is 0 Å². The molecule has 0 aromatic carbocycles. The summed E-state index contributed by atoms with van der Waals surface area (Å²) in [6.07, 6.45) is 1.10. The fraction of sp³-hybridized carbons (Fsp3) is 0.889. The Kier molecular flexibility index (Phi) is 6.68. The van der Waals surface area contributed by atoms with Gasteiger partial charge in [0.2, 0.25) is 0 Å².